The maximum Gasteiger partial charge on any atom is 0.308 e. The predicted octanol–water partition coefficient (Wildman–Crippen LogP) is 4.19. The number of rotatable bonds is 6. The van der Waals surface area contributed by atoms with Gasteiger partial charge in [-0.05, 0) is 54.7 Å². The van der Waals surface area contributed by atoms with E-state index >= 15 is 0 Å². The van der Waals surface area contributed by atoms with Crippen LogP contribution < -0.4 is 15.0 Å². The summed E-state index contributed by atoms with van der Waals surface area (Å²) < 4.78 is 54.4. The highest BCUT2D eigenvalue weighted by Gasteiger charge is 2.25. The van der Waals surface area contributed by atoms with Crippen molar-refractivity contribution in [3.63, 3.8) is 0 Å². The number of nitrogens with zero attached hydrogens (tertiary/aromatic N) is 2. The number of aromatic nitrogens is 2. The molecule has 1 aliphatic carbocycles. The van der Waals surface area contributed by atoms with Gasteiger partial charge in [-0.2, -0.15) is 0 Å². The van der Waals surface area contributed by atoms with Gasteiger partial charge in [0.25, 0.3) is 15.6 Å². The Labute approximate surface area is 188 Å². The Hall–Kier alpha value is -3.66. The second-order valence-electron chi connectivity index (χ2n) is 7.84. The fourth-order valence-corrected chi connectivity index (χ4v) is 4.99. The first kappa shape index (κ1) is 21.2. The van der Waals surface area contributed by atoms with Gasteiger partial charge in [0.15, 0.2) is 0 Å². The Kier molecular flexibility index (Phi) is 5.16. The third-order valence-corrected chi connectivity index (χ3v) is 7.23. The fourth-order valence-electron chi connectivity index (χ4n) is 4.02. The smallest absolute Gasteiger partial charge is 0.308 e. The molecule has 4 aromatic rings. The molecule has 2 aromatic heterocycles. The van der Waals surface area contributed by atoms with Crippen molar-refractivity contribution in [3.05, 3.63) is 76.7 Å². The summed E-state index contributed by atoms with van der Waals surface area (Å²) >= 11 is 0. The zero-order valence-corrected chi connectivity index (χ0v) is 18.4. The van der Waals surface area contributed by atoms with E-state index in [0.717, 1.165) is 19.3 Å². The number of anilines is 1. The Bertz CT molecular complexity index is 1510. The van der Waals surface area contributed by atoms with Crippen LogP contribution >= 0.6 is 0 Å². The van der Waals surface area contributed by atoms with Gasteiger partial charge >= 0.3 is 6.01 Å². The number of methoxy groups -OCH3 is 1. The Morgan fingerprint density at radius 1 is 1.18 bits per heavy atom. The minimum Gasteiger partial charge on any atom is -0.495 e. The first-order chi connectivity index (χ1) is 15.9. The summed E-state index contributed by atoms with van der Waals surface area (Å²) in [4.78, 5) is 16.5. The van der Waals surface area contributed by atoms with Gasteiger partial charge in [-0.1, -0.05) is 6.42 Å². The topological polar surface area (TPSA) is 103 Å². The molecule has 2 heterocycles. The van der Waals surface area contributed by atoms with E-state index in [-0.39, 0.29) is 22.5 Å². The molecule has 33 heavy (non-hydrogen) atoms. The van der Waals surface area contributed by atoms with Crippen molar-refractivity contribution in [2.45, 2.75) is 30.1 Å². The number of oxazole rings is 1. The second-order valence-corrected chi connectivity index (χ2v) is 9.53. The highest BCUT2D eigenvalue weighted by molar-refractivity contribution is 7.92. The molecule has 1 saturated carbocycles. The Morgan fingerprint density at radius 3 is 2.67 bits per heavy atom. The van der Waals surface area contributed by atoms with E-state index in [9.17, 15) is 17.6 Å². The highest BCUT2D eigenvalue weighted by Crippen LogP contribution is 2.40. The number of nitrogens with one attached hydrogen (secondary N) is 1. The zero-order chi connectivity index (χ0) is 23.2. The average molecular weight is 469 g/mol. The average Bonchev–Trinajstić information content (AvgIpc) is 3.25. The van der Waals surface area contributed by atoms with E-state index in [1.165, 1.54) is 60.5 Å². The fraction of sp³-hybridized carbons (Fsp3) is 0.217. The van der Waals surface area contributed by atoms with Gasteiger partial charge < -0.3 is 9.15 Å². The van der Waals surface area contributed by atoms with Gasteiger partial charge in [0, 0.05) is 17.5 Å². The number of benzene rings is 2. The largest absolute Gasteiger partial charge is 0.495 e. The molecule has 170 valence electrons. The van der Waals surface area contributed by atoms with Crippen LogP contribution in [-0.2, 0) is 10.0 Å². The van der Waals surface area contributed by atoms with Gasteiger partial charge in [0.05, 0.1) is 29.4 Å². The van der Waals surface area contributed by atoms with Crippen LogP contribution in [0.2, 0.25) is 0 Å². The molecule has 8 nitrogen and oxygen atoms in total. The molecule has 0 bridgehead atoms. The number of pyridine rings is 1. The minimum atomic E-state index is -3.97. The van der Waals surface area contributed by atoms with Crippen LogP contribution in [0.3, 0.4) is 0 Å². The number of fused-ring (bicyclic) bond motifs is 1. The summed E-state index contributed by atoms with van der Waals surface area (Å²) in [6, 6.07) is 9.89. The lowest BCUT2D eigenvalue weighted by atomic mass is 9.79. The summed E-state index contributed by atoms with van der Waals surface area (Å²) in [7, 11) is -2.50. The standard InChI is InChI=1S/C23H20FN3O5S/c1-31-21-12-17(14-3-2-4-14)18(24)13-20(21)27-19-7-6-16(11-15(19)5-8-22(27)28)33(29,30)26-23-25-9-10-32-23/h5-14H,2-4H2,1H3,(H,25,26). The van der Waals surface area contributed by atoms with E-state index in [2.05, 4.69) is 9.71 Å². The number of sulfonamides is 1. The SMILES string of the molecule is COc1cc(C2CCC2)c(F)cc1-n1c(=O)ccc2cc(S(=O)(=O)Nc3ncco3)ccc21. The van der Waals surface area contributed by atoms with Crippen molar-refractivity contribution < 1.29 is 22.0 Å². The molecule has 1 fully saturated rings. The lowest BCUT2D eigenvalue weighted by molar-refractivity contribution is 0.390. The third-order valence-electron chi connectivity index (χ3n) is 5.91. The zero-order valence-electron chi connectivity index (χ0n) is 17.6. The molecule has 0 unspecified atom stereocenters. The van der Waals surface area contributed by atoms with E-state index in [1.807, 2.05) is 0 Å². The van der Waals surface area contributed by atoms with Gasteiger partial charge in [0.1, 0.15) is 17.8 Å². The molecule has 2 aromatic carbocycles. The summed E-state index contributed by atoms with van der Waals surface area (Å²) in [5, 5.41) is 0.468. The molecule has 5 rings (SSSR count). The lowest BCUT2D eigenvalue weighted by Gasteiger charge is -2.27. The minimum absolute atomic E-state index is 0.0446. The Morgan fingerprint density at radius 2 is 2.00 bits per heavy atom. The molecule has 0 atom stereocenters. The van der Waals surface area contributed by atoms with E-state index in [1.54, 1.807) is 6.07 Å². The number of hydrogen-bond donors (Lipinski definition) is 1. The number of halogens is 1. The molecular formula is C23H20FN3O5S. The first-order valence-corrected chi connectivity index (χ1v) is 11.8. The normalized spacial score (nSPS) is 14.2. The Balaban J connectivity index is 1.63. The van der Waals surface area contributed by atoms with Gasteiger partial charge in [-0.25, -0.2) is 22.5 Å². The molecule has 0 spiro atoms. The van der Waals surface area contributed by atoms with Crippen molar-refractivity contribution >= 4 is 26.9 Å². The van der Waals surface area contributed by atoms with E-state index < -0.39 is 21.4 Å². The molecule has 1 N–H and O–H groups in total. The van der Waals surface area contributed by atoms with Gasteiger partial charge in [-0.3, -0.25) is 9.36 Å². The van der Waals surface area contributed by atoms with Gasteiger partial charge in [-0.15, -0.1) is 0 Å². The molecule has 1 aliphatic rings. The van der Waals surface area contributed by atoms with Crippen molar-refractivity contribution in [2.75, 3.05) is 11.8 Å². The van der Waals surface area contributed by atoms with E-state index in [4.69, 9.17) is 9.15 Å². The van der Waals surface area contributed by atoms with Crippen LogP contribution in [0.4, 0.5) is 10.4 Å². The summed E-state index contributed by atoms with van der Waals surface area (Å²) in [5.74, 6) is 0.130. The molecule has 0 saturated heterocycles. The lowest BCUT2D eigenvalue weighted by Crippen LogP contribution is -2.20. The number of ether oxygens (including phenoxy) is 1. The molecule has 0 amide bonds. The van der Waals surface area contributed by atoms with Crippen LogP contribution in [0.5, 0.6) is 5.75 Å². The summed E-state index contributed by atoms with van der Waals surface area (Å²) in [6.45, 7) is 0. The predicted molar refractivity (Wildman–Crippen MR) is 120 cm³/mol. The highest BCUT2D eigenvalue weighted by atomic mass is 32.2. The van der Waals surface area contributed by atoms with Crippen molar-refractivity contribution in [3.8, 4) is 11.4 Å². The maximum atomic E-state index is 15.0. The molecule has 0 radical (unpaired) electrons. The molecule has 10 heteroatoms. The maximum absolute atomic E-state index is 15.0. The van der Waals surface area contributed by atoms with Crippen molar-refractivity contribution in [1.29, 1.82) is 0 Å². The van der Waals surface area contributed by atoms with Crippen LogP contribution in [0.15, 0.2) is 69.0 Å². The number of hydrogen-bond acceptors (Lipinski definition) is 6. The van der Waals surface area contributed by atoms with Crippen molar-refractivity contribution in [1.82, 2.24) is 9.55 Å². The van der Waals surface area contributed by atoms with Crippen LogP contribution in [0.25, 0.3) is 16.6 Å². The molecule has 0 aliphatic heterocycles. The van der Waals surface area contributed by atoms with Crippen molar-refractivity contribution in [2.24, 2.45) is 0 Å². The first-order valence-electron chi connectivity index (χ1n) is 10.3. The quantitative estimate of drug-likeness (QED) is 0.454. The summed E-state index contributed by atoms with van der Waals surface area (Å²) in [5.41, 5.74) is 0.847. The van der Waals surface area contributed by atoms with Gasteiger partial charge in [0.2, 0.25) is 0 Å². The third kappa shape index (κ3) is 3.76. The monoisotopic (exact) mass is 469 g/mol. The second kappa shape index (κ2) is 8.04. The van der Waals surface area contributed by atoms with Crippen LogP contribution in [0, 0.1) is 5.82 Å². The summed E-state index contributed by atoms with van der Waals surface area (Å²) in [6.07, 6.45) is 5.48. The van der Waals surface area contributed by atoms with Crippen LogP contribution in [0.1, 0.15) is 30.7 Å². The van der Waals surface area contributed by atoms with Crippen LogP contribution in [-0.4, -0.2) is 25.1 Å². The van der Waals surface area contributed by atoms with E-state index in [0.29, 0.717) is 22.2 Å². The molecular weight excluding hydrogens is 449 g/mol.